The van der Waals surface area contributed by atoms with Crippen LogP contribution in [0.5, 0.6) is 5.75 Å². The first-order valence-electron chi connectivity index (χ1n) is 5.98. The van der Waals surface area contributed by atoms with Crippen LogP contribution in [-0.4, -0.2) is 5.84 Å². The van der Waals surface area contributed by atoms with E-state index in [1.807, 2.05) is 19.1 Å². The molecule has 2 aromatic rings. The van der Waals surface area contributed by atoms with E-state index in [9.17, 15) is 4.39 Å². The van der Waals surface area contributed by atoms with Gasteiger partial charge in [-0.15, -0.1) is 0 Å². The largest absolute Gasteiger partial charge is 0.487 e. The van der Waals surface area contributed by atoms with E-state index in [-0.39, 0.29) is 12.4 Å². The molecule has 0 fully saturated rings. The molecule has 2 rings (SSSR count). The van der Waals surface area contributed by atoms with Crippen LogP contribution in [0.15, 0.2) is 36.4 Å². The number of aryl methyl sites for hydroxylation is 1. The Kier molecular flexibility index (Phi) is 4.25. The second kappa shape index (κ2) is 5.92. The number of amidine groups is 1. The molecular formula is C15H14ClFN2O. The molecule has 0 unspecified atom stereocenters. The van der Waals surface area contributed by atoms with Crippen molar-refractivity contribution in [3.63, 3.8) is 0 Å². The Morgan fingerprint density at radius 2 is 2.05 bits per heavy atom. The topological polar surface area (TPSA) is 59.1 Å². The Hall–Kier alpha value is -2.07. The molecule has 20 heavy (non-hydrogen) atoms. The van der Waals surface area contributed by atoms with Crippen LogP contribution in [0.2, 0.25) is 5.02 Å². The normalized spacial score (nSPS) is 10.3. The maximum absolute atomic E-state index is 13.4. The van der Waals surface area contributed by atoms with Crippen molar-refractivity contribution < 1.29 is 9.13 Å². The van der Waals surface area contributed by atoms with Crippen molar-refractivity contribution in [2.24, 2.45) is 5.73 Å². The van der Waals surface area contributed by atoms with E-state index in [0.29, 0.717) is 21.9 Å². The number of hydrogen-bond donors (Lipinski definition) is 2. The fraction of sp³-hybridized carbons (Fsp3) is 0.133. The fourth-order valence-electron chi connectivity index (χ4n) is 1.77. The molecule has 0 saturated heterocycles. The summed E-state index contributed by atoms with van der Waals surface area (Å²) in [5.41, 5.74) is 7.30. The zero-order valence-electron chi connectivity index (χ0n) is 10.9. The molecule has 2 aromatic carbocycles. The predicted molar refractivity (Wildman–Crippen MR) is 77.9 cm³/mol. The molecule has 0 aliphatic heterocycles. The first kappa shape index (κ1) is 14.3. The second-order valence-corrected chi connectivity index (χ2v) is 4.89. The van der Waals surface area contributed by atoms with E-state index < -0.39 is 5.82 Å². The third-order valence-corrected chi connectivity index (χ3v) is 3.06. The number of nitrogen functional groups attached to an aromatic ring is 1. The number of benzene rings is 2. The van der Waals surface area contributed by atoms with Crippen molar-refractivity contribution in [2.45, 2.75) is 13.5 Å². The van der Waals surface area contributed by atoms with Crippen LogP contribution in [0, 0.1) is 18.2 Å². The monoisotopic (exact) mass is 292 g/mol. The Morgan fingerprint density at radius 1 is 1.30 bits per heavy atom. The molecule has 0 spiro atoms. The van der Waals surface area contributed by atoms with Gasteiger partial charge < -0.3 is 10.5 Å². The molecule has 3 nitrogen and oxygen atoms in total. The summed E-state index contributed by atoms with van der Waals surface area (Å²) in [4.78, 5) is 0. The van der Waals surface area contributed by atoms with Gasteiger partial charge in [0, 0.05) is 5.56 Å². The number of halogens is 2. The minimum absolute atomic E-state index is 0.154. The molecule has 0 aliphatic rings. The van der Waals surface area contributed by atoms with Gasteiger partial charge in [0.05, 0.1) is 5.02 Å². The van der Waals surface area contributed by atoms with E-state index in [0.717, 1.165) is 5.56 Å². The quantitative estimate of drug-likeness (QED) is 0.667. The average Bonchev–Trinajstić information content (AvgIpc) is 2.39. The molecule has 3 N–H and O–H groups in total. The van der Waals surface area contributed by atoms with Crippen LogP contribution in [0.4, 0.5) is 4.39 Å². The van der Waals surface area contributed by atoms with E-state index in [4.69, 9.17) is 27.5 Å². The number of ether oxygens (including phenoxy) is 1. The molecule has 0 amide bonds. The lowest BCUT2D eigenvalue weighted by Crippen LogP contribution is -2.12. The highest BCUT2D eigenvalue weighted by atomic mass is 35.5. The van der Waals surface area contributed by atoms with E-state index in [1.165, 1.54) is 12.1 Å². The molecular weight excluding hydrogens is 279 g/mol. The lowest BCUT2D eigenvalue weighted by Gasteiger charge is -2.10. The molecule has 0 atom stereocenters. The van der Waals surface area contributed by atoms with E-state index in [2.05, 4.69) is 0 Å². The third kappa shape index (κ3) is 3.48. The smallest absolute Gasteiger partial charge is 0.138 e. The summed E-state index contributed by atoms with van der Waals surface area (Å²) in [6.07, 6.45) is 0. The summed E-state index contributed by atoms with van der Waals surface area (Å²) in [7, 11) is 0. The third-order valence-electron chi connectivity index (χ3n) is 2.75. The van der Waals surface area contributed by atoms with Gasteiger partial charge >= 0.3 is 0 Å². The van der Waals surface area contributed by atoms with Gasteiger partial charge in [0.15, 0.2) is 0 Å². The molecule has 0 aliphatic carbocycles. The van der Waals surface area contributed by atoms with Crippen molar-refractivity contribution in [3.05, 3.63) is 63.9 Å². The lowest BCUT2D eigenvalue weighted by atomic mass is 10.1. The van der Waals surface area contributed by atoms with E-state index in [1.54, 1.807) is 12.1 Å². The van der Waals surface area contributed by atoms with Crippen LogP contribution in [-0.2, 0) is 6.61 Å². The Morgan fingerprint density at radius 3 is 2.75 bits per heavy atom. The van der Waals surface area contributed by atoms with Crippen molar-refractivity contribution >= 4 is 17.4 Å². The van der Waals surface area contributed by atoms with Gasteiger partial charge in [-0.25, -0.2) is 4.39 Å². The van der Waals surface area contributed by atoms with Gasteiger partial charge in [-0.05, 0) is 48.4 Å². The minimum Gasteiger partial charge on any atom is -0.487 e. The van der Waals surface area contributed by atoms with Gasteiger partial charge in [0.2, 0.25) is 0 Å². The summed E-state index contributed by atoms with van der Waals surface area (Å²) in [6, 6.07) is 9.62. The summed E-state index contributed by atoms with van der Waals surface area (Å²) in [5, 5.41) is 7.84. The van der Waals surface area contributed by atoms with Gasteiger partial charge in [-0.3, -0.25) is 5.41 Å². The van der Waals surface area contributed by atoms with Crippen LogP contribution in [0.3, 0.4) is 0 Å². The SMILES string of the molecule is Cc1ccc(Cl)c(OCc2cc(F)cc(C(=N)N)c2)c1. The highest BCUT2D eigenvalue weighted by molar-refractivity contribution is 6.32. The molecule has 104 valence electrons. The predicted octanol–water partition coefficient (Wildman–Crippen LogP) is 3.65. The number of hydrogen-bond acceptors (Lipinski definition) is 2. The number of nitrogens with one attached hydrogen (secondary N) is 1. The highest BCUT2D eigenvalue weighted by Crippen LogP contribution is 2.26. The van der Waals surface area contributed by atoms with Crippen LogP contribution < -0.4 is 10.5 Å². The zero-order valence-corrected chi connectivity index (χ0v) is 11.7. The standard InChI is InChI=1S/C15H14ClFN2O/c1-9-2-3-13(16)14(4-9)20-8-10-5-11(15(18)19)7-12(17)6-10/h2-7H,8H2,1H3,(H3,18,19). The number of rotatable bonds is 4. The van der Waals surface area contributed by atoms with Gasteiger partial charge in [0.1, 0.15) is 24.0 Å². The first-order chi connectivity index (χ1) is 9.45. The summed E-state index contributed by atoms with van der Waals surface area (Å²) < 4.78 is 19.0. The van der Waals surface area contributed by atoms with Crippen LogP contribution >= 0.6 is 11.6 Å². The van der Waals surface area contributed by atoms with Gasteiger partial charge in [0.25, 0.3) is 0 Å². The van der Waals surface area contributed by atoms with Crippen LogP contribution in [0.1, 0.15) is 16.7 Å². The lowest BCUT2D eigenvalue weighted by molar-refractivity contribution is 0.305. The zero-order chi connectivity index (χ0) is 14.7. The summed E-state index contributed by atoms with van der Waals surface area (Å²) in [6.45, 7) is 2.08. The second-order valence-electron chi connectivity index (χ2n) is 4.48. The van der Waals surface area contributed by atoms with Crippen LogP contribution in [0.25, 0.3) is 0 Å². The van der Waals surface area contributed by atoms with Crippen molar-refractivity contribution in [2.75, 3.05) is 0 Å². The Balaban J connectivity index is 2.18. The van der Waals surface area contributed by atoms with Crippen molar-refractivity contribution in [1.29, 1.82) is 5.41 Å². The molecule has 0 saturated carbocycles. The molecule has 5 heteroatoms. The minimum atomic E-state index is -0.452. The highest BCUT2D eigenvalue weighted by Gasteiger charge is 2.06. The summed E-state index contributed by atoms with van der Waals surface area (Å²) >= 11 is 6.02. The maximum Gasteiger partial charge on any atom is 0.138 e. The fourth-order valence-corrected chi connectivity index (χ4v) is 1.94. The molecule has 0 bridgehead atoms. The van der Waals surface area contributed by atoms with E-state index >= 15 is 0 Å². The Labute approximate surface area is 121 Å². The summed E-state index contributed by atoms with van der Waals surface area (Å²) in [5.74, 6) is -0.0914. The number of nitrogens with two attached hydrogens (primary N) is 1. The molecule has 0 heterocycles. The molecule has 0 radical (unpaired) electrons. The maximum atomic E-state index is 13.4. The average molecular weight is 293 g/mol. The Bertz CT molecular complexity index is 658. The van der Waals surface area contributed by atoms with Gasteiger partial charge in [-0.1, -0.05) is 17.7 Å². The van der Waals surface area contributed by atoms with Crippen molar-refractivity contribution in [3.8, 4) is 5.75 Å². The van der Waals surface area contributed by atoms with Crippen molar-refractivity contribution in [1.82, 2.24) is 0 Å². The van der Waals surface area contributed by atoms with Gasteiger partial charge in [-0.2, -0.15) is 0 Å². The first-order valence-corrected chi connectivity index (χ1v) is 6.36. The molecule has 0 aromatic heterocycles.